The lowest BCUT2D eigenvalue weighted by molar-refractivity contribution is 0.0957. The van der Waals surface area contributed by atoms with Gasteiger partial charge in [0.05, 0.1) is 17.7 Å². The third-order valence-electron chi connectivity index (χ3n) is 3.37. The molecule has 0 saturated carbocycles. The minimum Gasteiger partial charge on any atom is -0.355 e. The second kappa shape index (κ2) is 9.39. The molecule has 2 rings (SSSR count). The number of carbonyl (C=O) groups is 1. The molecule has 6 nitrogen and oxygen atoms in total. The predicted molar refractivity (Wildman–Crippen MR) is 101 cm³/mol. The van der Waals surface area contributed by atoms with E-state index in [9.17, 15) is 4.79 Å². The Bertz CT molecular complexity index is 692. The Hall–Kier alpha value is -1.93. The van der Waals surface area contributed by atoms with Crippen LogP contribution in [0.5, 0.6) is 0 Å². The number of thiophene rings is 1. The van der Waals surface area contributed by atoms with E-state index in [2.05, 4.69) is 45.0 Å². The summed E-state index contributed by atoms with van der Waals surface area (Å²) >= 11 is 3.17. The fourth-order valence-corrected chi connectivity index (χ4v) is 3.67. The summed E-state index contributed by atoms with van der Waals surface area (Å²) in [4.78, 5) is 23.6. The fourth-order valence-electron chi connectivity index (χ4n) is 2.06. The van der Waals surface area contributed by atoms with E-state index in [1.807, 2.05) is 18.3 Å². The van der Waals surface area contributed by atoms with Gasteiger partial charge in [0.1, 0.15) is 4.88 Å². The van der Waals surface area contributed by atoms with Crippen molar-refractivity contribution in [2.45, 2.75) is 26.8 Å². The molecule has 0 aromatic carbocycles. The van der Waals surface area contributed by atoms with Gasteiger partial charge in [0, 0.05) is 29.9 Å². The number of rotatable bonds is 7. The number of hydrogen-bond donors (Lipinski definition) is 3. The van der Waals surface area contributed by atoms with Crippen LogP contribution >= 0.6 is 22.7 Å². The minimum atomic E-state index is -0.0783. The summed E-state index contributed by atoms with van der Waals surface area (Å²) in [6.07, 6.45) is 1.07. The number of aromatic nitrogens is 1. The molecule has 0 fully saturated rings. The van der Waals surface area contributed by atoms with Crippen LogP contribution < -0.4 is 16.0 Å². The molecule has 8 heteroatoms. The molecule has 0 saturated heterocycles. The summed E-state index contributed by atoms with van der Waals surface area (Å²) in [6, 6.07) is 4.30. The quantitative estimate of drug-likeness (QED) is 0.399. The summed E-state index contributed by atoms with van der Waals surface area (Å²) in [5, 5.41) is 9.35. The van der Waals surface area contributed by atoms with E-state index in [4.69, 9.17) is 0 Å². The molecular weight excluding hydrogens is 342 g/mol. The zero-order valence-corrected chi connectivity index (χ0v) is 15.8. The first-order valence-corrected chi connectivity index (χ1v) is 9.54. The van der Waals surface area contributed by atoms with Crippen molar-refractivity contribution in [1.82, 2.24) is 20.9 Å². The fraction of sp³-hybridized carbons (Fsp3) is 0.438. The molecule has 0 unspecified atom stereocenters. The standard InChI is InChI=1S/C16H23N5OS2/c1-4-12-5-6-13(24-12)9-20-16(17-3)19-8-7-18-15(22)14-11(2)21-10-23-14/h5-6,10H,4,7-9H2,1-3H3,(H,18,22)(H2,17,19,20). The van der Waals surface area contributed by atoms with E-state index in [1.165, 1.54) is 21.1 Å². The highest BCUT2D eigenvalue weighted by molar-refractivity contribution is 7.12. The van der Waals surface area contributed by atoms with Crippen LogP contribution in [0.4, 0.5) is 0 Å². The Kier molecular flexibility index (Phi) is 7.20. The number of thiazole rings is 1. The molecule has 0 spiro atoms. The predicted octanol–water partition coefficient (Wildman–Crippen LogP) is 2.17. The molecule has 24 heavy (non-hydrogen) atoms. The van der Waals surface area contributed by atoms with Crippen molar-refractivity contribution < 1.29 is 4.79 Å². The maximum Gasteiger partial charge on any atom is 0.263 e. The molecule has 1 amide bonds. The van der Waals surface area contributed by atoms with Gasteiger partial charge >= 0.3 is 0 Å². The molecule has 0 aliphatic rings. The highest BCUT2D eigenvalue weighted by atomic mass is 32.1. The van der Waals surface area contributed by atoms with Gasteiger partial charge in [0.25, 0.3) is 5.91 Å². The Balaban J connectivity index is 1.68. The monoisotopic (exact) mass is 365 g/mol. The maximum absolute atomic E-state index is 12.0. The van der Waals surface area contributed by atoms with Crippen LogP contribution in [0.25, 0.3) is 0 Å². The largest absolute Gasteiger partial charge is 0.355 e. The first-order valence-electron chi connectivity index (χ1n) is 7.84. The third kappa shape index (κ3) is 5.31. The van der Waals surface area contributed by atoms with Crippen molar-refractivity contribution in [2.24, 2.45) is 4.99 Å². The molecule has 2 aromatic rings. The van der Waals surface area contributed by atoms with Crippen LogP contribution in [0.2, 0.25) is 0 Å². The number of amides is 1. The van der Waals surface area contributed by atoms with Gasteiger partial charge in [-0.15, -0.1) is 22.7 Å². The van der Waals surface area contributed by atoms with Crippen molar-refractivity contribution in [3.05, 3.63) is 38.0 Å². The lowest BCUT2D eigenvalue weighted by atomic mass is 10.3. The molecule has 2 aromatic heterocycles. The average Bonchev–Trinajstić information content (AvgIpc) is 3.22. The topological polar surface area (TPSA) is 78.4 Å². The van der Waals surface area contributed by atoms with Crippen LogP contribution in [-0.2, 0) is 13.0 Å². The normalized spacial score (nSPS) is 11.4. The van der Waals surface area contributed by atoms with Gasteiger partial charge in [-0.3, -0.25) is 9.79 Å². The summed E-state index contributed by atoms with van der Waals surface area (Å²) in [6.45, 7) is 5.87. The number of carbonyl (C=O) groups excluding carboxylic acids is 1. The zero-order valence-electron chi connectivity index (χ0n) is 14.2. The average molecular weight is 366 g/mol. The molecular formula is C16H23N5OS2. The molecule has 0 radical (unpaired) electrons. The number of hydrogen-bond acceptors (Lipinski definition) is 5. The number of guanidine groups is 1. The Labute approximate surface area is 150 Å². The van der Waals surface area contributed by atoms with Crippen molar-refractivity contribution in [2.75, 3.05) is 20.1 Å². The summed E-state index contributed by atoms with van der Waals surface area (Å²) in [5.41, 5.74) is 2.45. The molecule has 130 valence electrons. The van der Waals surface area contributed by atoms with Gasteiger partial charge in [-0.05, 0) is 25.5 Å². The number of aliphatic imine (C=N–C) groups is 1. The van der Waals surface area contributed by atoms with Gasteiger partial charge in [0.2, 0.25) is 0 Å². The summed E-state index contributed by atoms with van der Waals surface area (Å²) in [5.74, 6) is 0.648. The van der Waals surface area contributed by atoms with E-state index in [-0.39, 0.29) is 5.91 Å². The zero-order chi connectivity index (χ0) is 17.4. The molecule has 0 aliphatic heterocycles. The van der Waals surface area contributed by atoms with Gasteiger partial charge in [0.15, 0.2) is 5.96 Å². The Morgan fingerprint density at radius 1 is 1.21 bits per heavy atom. The number of nitrogens with one attached hydrogen (secondary N) is 3. The maximum atomic E-state index is 12.0. The summed E-state index contributed by atoms with van der Waals surface area (Å²) < 4.78 is 0. The van der Waals surface area contributed by atoms with E-state index in [1.54, 1.807) is 12.6 Å². The van der Waals surface area contributed by atoms with E-state index in [0.717, 1.165) is 24.6 Å². The molecule has 0 atom stereocenters. The van der Waals surface area contributed by atoms with Gasteiger partial charge in [-0.2, -0.15) is 0 Å². The van der Waals surface area contributed by atoms with Crippen molar-refractivity contribution in [3.63, 3.8) is 0 Å². The van der Waals surface area contributed by atoms with Gasteiger partial charge < -0.3 is 16.0 Å². The smallest absolute Gasteiger partial charge is 0.263 e. The first kappa shape index (κ1) is 18.4. The molecule has 0 aliphatic carbocycles. The molecule has 2 heterocycles. The van der Waals surface area contributed by atoms with E-state index in [0.29, 0.717) is 18.0 Å². The first-order chi connectivity index (χ1) is 11.6. The lowest BCUT2D eigenvalue weighted by Gasteiger charge is -2.11. The van der Waals surface area contributed by atoms with Crippen LogP contribution in [0.1, 0.15) is 32.0 Å². The van der Waals surface area contributed by atoms with Crippen LogP contribution in [0.3, 0.4) is 0 Å². The van der Waals surface area contributed by atoms with Crippen molar-refractivity contribution >= 4 is 34.5 Å². The molecule has 0 bridgehead atoms. The summed E-state index contributed by atoms with van der Waals surface area (Å²) in [7, 11) is 1.74. The van der Waals surface area contributed by atoms with Crippen LogP contribution in [0, 0.1) is 6.92 Å². The van der Waals surface area contributed by atoms with Crippen molar-refractivity contribution in [1.29, 1.82) is 0 Å². The molecule has 3 N–H and O–H groups in total. The second-order valence-corrected chi connectivity index (χ2v) is 7.20. The third-order valence-corrected chi connectivity index (χ3v) is 5.53. The Morgan fingerprint density at radius 2 is 1.96 bits per heavy atom. The number of nitrogens with zero attached hydrogens (tertiary/aromatic N) is 2. The SMILES string of the molecule is CCc1ccc(CNC(=NC)NCCNC(=O)c2scnc2C)s1. The highest BCUT2D eigenvalue weighted by Gasteiger charge is 2.10. The second-order valence-electron chi connectivity index (χ2n) is 5.10. The van der Waals surface area contributed by atoms with E-state index >= 15 is 0 Å². The van der Waals surface area contributed by atoms with Crippen LogP contribution in [0.15, 0.2) is 22.6 Å². The Morgan fingerprint density at radius 3 is 2.58 bits per heavy atom. The van der Waals surface area contributed by atoms with Crippen molar-refractivity contribution in [3.8, 4) is 0 Å². The van der Waals surface area contributed by atoms with Crippen LogP contribution in [-0.4, -0.2) is 37.0 Å². The van der Waals surface area contributed by atoms with E-state index < -0.39 is 0 Å². The number of aryl methyl sites for hydroxylation is 2. The minimum absolute atomic E-state index is 0.0783. The van der Waals surface area contributed by atoms with Gasteiger partial charge in [-0.1, -0.05) is 6.92 Å². The van der Waals surface area contributed by atoms with Gasteiger partial charge in [-0.25, -0.2) is 4.98 Å². The highest BCUT2D eigenvalue weighted by Crippen LogP contribution is 2.16. The lowest BCUT2D eigenvalue weighted by Crippen LogP contribution is -2.41.